The fourth-order valence-corrected chi connectivity index (χ4v) is 5.64. The molecule has 2 atom stereocenters. The zero-order valence-electron chi connectivity index (χ0n) is 27.2. The van der Waals surface area contributed by atoms with Gasteiger partial charge in [0.05, 0.1) is 25.9 Å². The third kappa shape index (κ3) is 8.96. The maximum Gasteiger partial charge on any atom is 0.343 e. The van der Waals surface area contributed by atoms with E-state index in [1.807, 2.05) is 25.1 Å². The Bertz CT molecular complexity index is 1180. The number of aliphatic hydroxyl groups is 1. The molecule has 0 aliphatic rings. The molecule has 0 saturated heterocycles. The number of carbonyl (C=O) groups is 1. The van der Waals surface area contributed by atoms with Gasteiger partial charge in [-0.25, -0.2) is 4.79 Å². The summed E-state index contributed by atoms with van der Waals surface area (Å²) in [6.07, 6.45) is 0.340. The second-order valence-electron chi connectivity index (χ2n) is 13.4. The molecule has 0 aliphatic heterocycles. The molecule has 2 N–H and O–H groups in total. The third-order valence-corrected chi connectivity index (χ3v) is 12.2. The number of benzene rings is 2. The Morgan fingerprint density at radius 2 is 1.59 bits per heavy atom. The van der Waals surface area contributed by atoms with Crippen molar-refractivity contribution in [2.45, 2.75) is 105 Å². The first-order valence-corrected chi connectivity index (χ1v) is 17.6. The molecule has 0 fully saturated rings. The summed E-state index contributed by atoms with van der Waals surface area (Å²) in [6, 6.07) is 7.18. The number of carboxylic acids is 1. The summed E-state index contributed by atoms with van der Waals surface area (Å²) in [4.78, 5) is 12.8. The number of carboxylic acid groups (broad SMARTS) is 1. The molecule has 2 rings (SSSR count). The van der Waals surface area contributed by atoms with Gasteiger partial charge in [0.15, 0.2) is 19.8 Å². The summed E-state index contributed by atoms with van der Waals surface area (Å²) in [7, 11) is -0.731. The number of methoxy groups -OCH3 is 1. The lowest BCUT2D eigenvalue weighted by Crippen LogP contribution is -2.42. The Kier molecular flexibility index (Phi) is 11.9. The summed E-state index contributed by atoms with van der Waals surface area (Å²) < 4.78 is 25.1. The molecular formula is C33H52O7Si. The molecule has 0 spiro atoms. The van der Waals surface area contributed by atoms with Gasteiger partial charge in [-0.2, -0.15) is 0 Å². The van der Waals surface area contributed by atoms with Gasteiger partial charge < -0.3 is 28.8 Å². The minimum absolute atomic E-state index is 0.0249. The molecule has 0 aliphatic carbocycles. The number of hydrogen-bond donors (Lipinski definition) is 2. The fraction of sp³-hybridized carbons (Fsp3) is 0.606. The van der Waals surface area contributed by atoms with Gasteiger partial charge in [-0.05, 0) is 86.5 Å². The molecule has 41 heavy (non-hydrogen) atoms. The van der Waals surface area contributed by atoms with E-state index in [0.29, 0.717) is 47.5 Å². The van der Waals surface area contributed by atoms with Crippen molar-refractivity contribution >= 4 is 14.3 Å². The maximum atomic E-state index is 12.8. The highest BCUT2D eigenvalue weighted by molar-refractivity contribution is 6.74. The number of aromatic carboxylic acids is 1. The van der Waals surface area contributed by atoms with Crippen LogP contribution in [0.4, 0.5) is 0 Å². The molecule has 8 heteroatoms. The van der Waals surface area contributed by atoms with Gasteiger partial charge in [0.1, 0.15) is 17.1 Å². The summed E-state index contributed by atoms with van der Waals surface area (Å²) in [6.45, 7) is 23.5. The van der Waals surface area contributed by atoms with Crippen molar-refractivity contribution < 1.29 is 33.6 Å². The van der Waals surface area contributed by atoms with Crippen LogP contribution in [-0.2, 0) is 4.43 Å². The standard InChI is InChI=1S/C33H52O7Si/c1-20(2)15-16-38-28-19-22(5)18-25(23(6)34)30(28)39-26-14-13-24(31(37-10)29(26)32(35)36)27(17-21(3)4)40-41(11,12)33(7,8)9/h13-14,18-21,23,27,34H,15-17H2,1-12H3,(H,35,36)/t23-,27-/m0/s1. The summed E-state index contributed by atoms with van der Waals surface area (Å²) in [5.74, 6) is 0.652. The Morgan fingerprint density at radius 1 is 0.951 bits per heavy atom. The first-order valence-electron chi connectivity index (χ1n) is 14.6. The number of hydrogen-bond acceptors (Lipinski definition) is 6. The van der Waals surface area contributed by atoms with Crippen molar-refractivity contribution in [2.24, 2.45) is 11.8 Å². The lowest BCUT2D eigenvalue weighted by atomic mass is 9.96. The molecule has 0 saturated carbocycles. The van der Waals surface area contributed by atoms with Crippen LogP contribution in [0.1, 0.15) is 107 Å². The highest BCUT2D eigenvalue weighted by Gasteiger charge is 2.40. The molecule has 0 amide bonds. The van der Waals surface area contributed by atoms with E-state index in [9.17, 15) is 15.0 Å². The highest BCUT2D eigenvalue weighted by atomic mass is 28.4. The minimum Gasteiger partial charge on any atom is -0.495 e. The number of aliphatic hydroxyl groups excluding tert-OH is 1. The van der Waals surface area contributed by atoms with E-state index in [2.05, 4.69) is 61.6 Å². The molecule has 0 heterocycles. The molecule has 2 aromatic rings. The zero-order valence-corrected chi connectivity index (χ0v) is 28.2. The smallest absolute Gasteiger partial charge is 0.343 e. The zero-order chi connectivity index (χ0) is 31.3. The topological polar surface area (TPSA) is 94.5 Å². The van der Waals surface area contributed by atoms with Crippen molar-refractivity contribution in [2.75, 3.05) is 13.7 Å². The van der Waals surface area contributed by atoms with Crippen LogP contribution in [0.2, 0.25) is 18.1 Å². The van der Waals surface area contributed by atoms with Crippen LogP contribution < -0.4 is 14.2 Å². The van der Waals surface area contributed by atoms with E-state index in [1.165, 1.54) is 7.11 Å². The number of rotatable bonds is 14. The van der Waals surface area contributed by atoms with Crippen LogP contribution in [0.15, 0.2) is 24.3 Å². The average molecular weight is 589 g/mol. The van der Waals surface area contributed by atoms with Gasteiger partial charge in [0, 0.05) is 11.1 Å². The van der Waals surface area contributed by atoms with E-state index in [1.54, 1.807) is 13.0 Å². The first kappa shape index (κ1) is 34.6. The molecule has 2 aromatic carbocycles. The fourth-order valence-electron chi connectivity index (χ4n) is 4.35. The number of ether oxygens (including phenoxy) is 3. The lowest BCUT2D eigenvalue weighted by Gasteiger charge is -2.40. The van der Waals surface area contributed by atoms with Crippen molar-refractivity contribution in [3.05, 3.63) is 46.5 Å². The molecule has 0 radical (unpaired) electrons. The van der Waals surface area contributed by atoms with Gasteiger partial charge in [-0.1, -0.05) is 48.5 Å². The number of aryl methyl sites for hydroxylation is 1. The average Bonchev–Trinajstić information content (AvgIpc) is 2.82. The Hall–Kier alpha value is -2.55. The van der Waals surface area contributed by atoms with E-state index in [-0.39, 0.29) is 28.2 Å². The molecule has 230 valence electrons. The monoisotopic (exact) mass is 588 g/mol. The lowest BCUT2D eigenvalue weighted by molar-refractivity contribution is 0.0689. The Balaban J connectivity index is 2.72. The second-order valence-corrected chi connectivity index (χ2v) is 18.1. The molecule has 0 bridgehead atoms. The van der Waals surface area contributed by atoms with Crippen molar-refractivity contribution in [1.29, 1.82) is 0 Å². The predicted octanol–water partition coefficient (Wildman–Crippen LogP) is 9.08. The van der Waals surface area contributed by atoms with E-state index < -0.39 is 20.4 Å². The normalized spacial score (nSPS) is 13.8. The quantitative estimate of drug-likeness (QED) is 0.213. The van der Waals surface area contributed by atoms with Crippen LogP contribution >= 0.6 is 0 Å². The third-order valence-electron chi connectivity index (χ3n) is 7.69. The van der Waals surface area contributed by atoms with Gasteiger partial charge in [0.2, 0.25) is 0 Å². The second kappa shape index (κ2) is 14.1. The first-order chi connectivity index (χ1) is 18.9. The Morgan fingerprint density at radius 3 is 2.07 bits per heavy atom. The molecule has 0 aromatic heterocycles. The highest BCUT2D eigenvalue weighted by Crippen LogP contribution is 2.47. The predicted molar refractivity (Wildman–Crippen MR) is 167 cm³/mol. The summed E-state index contributed by atoms with van der Waals surface area (Å²) >= 11 is 0. The van der Waals surface area contributed by atoms with E-state index >= 15 is 0 Å². The van der Waals surface area contributed by atoms with Crippen molar-refractivity contribution in [1.82, 2.24) is 0 Å². The van der Waals surface area contributed by atoms with Gasteiger partial charge >= 0.3 is 5.97 Å². The van der Waals surface area contributed by atoms with Crippen LogP contribution in [0, 0.1) is 18.8 Å². The largest absolute Gasteiger partial charge is 0.495 e. The Labute approximate surface area is 248 Å². The molecular weight excluding hydrogens is 536 g/mol. The minimum atomic E-state index is -2.20. The van der Waals surface area contributed by atoms with Crippen molar-refractivity contribution in [3.63, 3.8) is 0 Å². The van der Waals surface area contributed by atoms with Gasteiger partial charge in [-0.15, -0.1) is 0 Å². The van der Waals surface area contributed by atoms with Gasteiger partial charge in [0.25, 0.3) is 0 Å². The molecule has 7 nitrogen and oxygen atoms in total. The SMILES string of the molecule is COc1c([C@H](CC(C)C)O[Si](C)(C)C(C)(C)C)ccc(Oc2c(OCCC(C)C)cc(C)cc2[C@H](C)O)c1C(=O)O. The van der Waals surface area contributed by atoms with Crippen LogP contribution in [0.3, 0.4) is 0 Å². The van der Waals surface area contributed by atoms with Crippen molar-refractivity contribution in [3.8, 4) is 23.0 Å². The van der Waals surface area contributed by atoms with Crippen LogP contribution in [0.5, 0.6) is 23.0 Å². The van der Waals surface area contributed by atoms with E-state index in [0.717, 1.165) is 12.0 Å². The van der Waals surface area contributed by atoms with Crippen LogP contribution in [-0.4, -0.2) is 38.2 Å². The summed E-state index contributed by atoms with van der Waals surface area (Å²) in [5, 5.41) is 21.0. The summed E-state index contributed by atoms with van der Waals surface area (Å²) in [5.41, 5.74) is 2.01. The van der Waals surface area contributed by atoms with Gasteiger partial charge in [-0.3, -0.25) is 0 Å². The van der Waals surface area contributed by atoms with E-state index in [4.69, 9.17) is 18.6 Å². The maximum absolute atomic E-state index is 12.8. The van der Waals surface area contributed by atoms with Crippen LogP contribution in [0.25, 0.3) is 0 Å². The molecule has 0 unspecified atom stereocenters.